The first-order chi connectivity index (χ1) is 8.76. The van der Waals surface area contributed by atoms with Gasteiger partial charge in [-0.15, -0.1) is 0 Å². The Morgan fingerprint density at radius 3 is 2.53 bits per heavy atom. The zero-order chi connectivity index (χ0) is 14.6. The molecule has 0 heterocycles. The van der Waals surface area contributed by atoms with Gasteiger partial charge in [-0.3, -0.25) is 4.79 Å². The maximum Gasteiger partial charge on any atom is 0.242 e. The Hall–Kier alpha value is -1.51. The summed E-state index contributed by atoms with van der Waals surface area (Å²) >= 11 is 0. The van der Waals surface area contributed by atoms with Crippen molar-refractivity contribution in [3.8, 4) is 0 Å². The number of nitrogens with one attached hydrogen (secondary N) is 2. The van der Waals surface area contributed by atoms with E-state index in [2.05, 4.69) is 37.5 Å². The number of amides is 1. The lowest BCUT2D eigenvalue weighted by Crippen LogP contribution is -2.48. The van der Waals surface area contributed by atoms with Crippen LogP contribution in [0.3, 0.4) is 0 Å². The smallest absolute Gasteiger partial charge is 0.242 e. The predicted octanol–water partition coefficient (Wildman–Crippen LogP) is 3.41. The van der Waals surface area contributed by atoms with E-state index in [9.17, 15) is 4.79 Å². The number of anilines is 1. The van der Waals surface area contributed by atoms with Gasteiger partial charge in [0.1, 0.15) is 6.04 Å². The molecule has 0 aromatic heterocycles. The molecule has 1 aromatic carbocycles. The van der Waals surface area contributed by atoms with E-state index >= 15 is 0 Å². The summed E-state index contributed by atoms with van der Waals surface area (Å²) in [5.41, 5.74) is 3.29. The van der Waals surface area contributed by atoms with Gasteiger partial charge in [0.05, 0.1) is 0 Å². The molecule has 0 bridgehead atoms. The monoisotopic (exact) mass is 262 g/mol. The van der Waals surface area contributed by atoms with Crippen LogP contribution >= 0.6 is 0 Å². The van der Waals surface area contributed by atoms with Crippen molar-refractivity contribution in [1.82, 2.24) is 5.32 Å². The summed E-state index contributed by atoms with van der Waals surface area (Å²) in [6, 6.07) is 5.85. The van der Waals surface area contributed by atoms with Crippen LogP contribution in [-0.4, -0.2) is 17.5 Å². The number of rotatable bonds is 5. The molecule has 1 unspecified atom stereocenters. The molecule has 3 heteroatoms. The van der Waals surface area contributed by atoms with Gasteiger partial charge in [0, 0.05) is 11.2 Å². The van der Waals surface area contributed by atoms with Gasteiger partial charge in [0.2, 0.25) is 5.91 Å². The number of aryl methyl sites for hydroxylation is 1. The number of carbonyl (C=O) groups is 1. The van der Waals surface area contributed by atoms with E-state index in [0.29, 0.717) is 0 Å². The Bertz CT molecular complexity index is 452. The quantitative estimate of drug-likeness (QED) is 0.854. The van der Waals surface area contributed by atoms with Crippen molar-refractivity contribution in [1.29, 1.82) is 0 Å². The second-order valence-corrected chi connectivity index (χ2v) is 5.84. The fraction of sp³-hybridized carbons (Fsp3) is 0.562. The Morgan fingerprint density at radius 2 is 1.95 bits per heavy atom. The summed E-state index contributed by atoms with van der Waals surface area (Å²) in [4.78, 5) is 12.1. The molecule has 0 aliphatic rings. The first kappa shape index (κ1) is 15.5. The summed E-state index contributed by atoms with van der Waals surface area (Å²) in [5, 5.41) is 6.34. The van der Waals surface area contributed by atoms with Gasteiger partial charge >= 0.3 is 0 Å². The van der Waals surface area contributed by atoms with Crippen LogP contribution in [0.25, 0.3) is 0 Å². The molecule has 0 saturated heterocycles. The van der Waals surface area contributed by atoms with Crippen molar-refractivity contribution in [3.05, 3.63) is 29.3 Å². The maximum atomic E-state index is 12.1. The minimum absolute atomic E-state index is 0.0350. The van der Waals surface area contributed by atoms with Gasteiger partial charge in [-0.1, -0.05) is 19.1 Å². The van der Waals surface area contributed by atoms with E-state index in [0.717, 1.165) is 12.1 Å². The normalized spacial score (nSPS) is 12.9. The van der Waals surface area contributed by atoms with E-state index in [1.807, 2.05) is 32.9 Å². The molecule has 0 spiro atoms. The van der Waals surface area contributed by atoms with Crippen molar-refractivity contribution >= 4 is 11.6 Å². The number of benzene rings is 1. The zero-order valence-corrected chi connectivity index (χ0v) is 12.9. The Morgan fingerprint density at radius 1 is 1.32 bits per heavy atom. The highest BCUT2D eigenvalue weighted by Gasteiger charge is 2.21. The number of hydrogen-bond acceptors (Lipinski definition) is 2. The molecular weight excluding hydrogens is 236 g/mol. The summed E-state index contributed by atoms with van der Waals surface area (Å²) < 4.78 is 0. The fourth-order valence-electron chi connectivity index (χ4n) is 1.74. The maximum absolute atomic E-state index is 12.1. The van der Waals surface area contributed by atoms with Crippen molar-refractivity contribution < 1.29 is 4.79 Å². The summed E-state index contributed by atoms with van der Waals surface area (Å²) in [5.74, 6) is 0.0350. The molecule has 0 fully saturated rings. The van der Waals surface area contributed by atoms with Crippen molar-refractivity contribution in [2.24, 2.45) is 0 Å². The highest BCUT2D eigenvalue weighted by Crippen LogP contribution is 2.19. The van der Waals surface area contributed by atoms with Gasteiger partial charge in [-0.25, -0.2) is 0 Å². The number of hydrogen-bond donors (Lipinski definition) is 2. The molecule has 19 heavy (non-hydrogen) atoms. The molecule has 1 atom stereocenters. The van der Waals surface area contributed by atoms with E-state index in [1.54, 1.807) is 0 Å². The minimum Gasteiger partial charge on any atom is -0.374 e. The molecule has 1 amide bonds. The lowest BCUT2D eigenvalue weighted by Gasteiger charge is -2.27. The molecule has 0 aliphatic carbocycles. The van der Waals surface area contributed by atoms with E-state index in [4.69, 9.17) is 0 Å². The van der Waals surface area contributed by atoms with Crippen LogP contribution in [-0.2, 0) is 4.79 Å². The molecule has 0 radical (unpaired) electrons. The number of carbonyl (C=O) groups excluding carboxylic acids is 1. The second-order valence-electron chi connectivity index (χ2n) is 5.84. The molecular formula is C16H26N2O. The third-order valence-corrected chi connectivity index (χ3v) is 3.72. The molecule has 3 nitrogen and oxygen atoms in total. The Balaban J connectivity index is 2.72. The average Bonchev–Trinajstić information content (AvgIpc) is 2.34. The minimum atomic E-state index is -0.244. The van der Waals surface area contributed by atoms with Gasteiger partial charge < -0.3 is 10.6 Å². The molecule has 1 rings (SSSR count). The summed E-state index contributed by atoms with van der Waals surface area (Å²) in [7, 11) is 0. The van der Waals surface area contributed by atoms with Crippen LogP contribution in [0.1, 0.15) is 45.2 Å². The van der Waals surface area contributed by atoms with E-state index in [1.165, 1.54) is 11.1 Å². The third kappa shape index (κ3) is 4.27. The fourth-order valence-corrected chi connectivity index (χ4v) is 1.74. The lowest BCUT2D eigenvalue weighted by atomic mass is 10.0. The summed E-state index contributed by atoms with van der Waals surface area (Å²) in [6.45, 7) is 12.2. The van der Waals surface area contributed by atoms with Crippen LogP contribution in [0.5, 0.6) is 0 Å². The first-order valence-corrected chi connectivity index (χ1v) is 6.91. The SMILES string of the molecule is CCC(C)(C)NC(=O)C(C)Nc1cccc(C)c1C. The van der Waals surface area contributed by atoms with Crippen LogP contribution in [0.4, 0.5) is 5.69 Å². The topological polar surface area (TPSA) is 41.1 Å². The molecule has 1 aromatic rings. The Labute approximate surface area is 116 Å². The van der Waals surface area contributed by atoms with Gasteiger partial charge in [-0.2, -0.15) is 0 Å². The van der Waals surface area contributed by atoms with Crippen LogP contribution < -0.4 is 10.6 Å². The van der Waals surface area contributed by atoms with Crippen molar-refractivity contribution in [2.75, 3.05) is 5.32 Å². The zero-order valence-electron chi connectivity index (χ0n) is 12.9. The lowest BCUT2D eigenvalue weighted by molar-refractivity contribution is -0.123. The standard InChI is InChI=1S/C16H26N2O/c1-7-16(5,6)18-15(19)13(4)17-14-10-8-9-11(2)12(14)3/h8-10,13,17H,7H2,1-6H3,(H,18,19). The van der Waals surface area contributed by atoms with Gasteiger partial charge in [0.15, 0.2) is 0 Å². The largest absolute Gasteiger partial charge is 0.374 e. The van der Waals surface area contributed by atoms with Crippen LogP contribution in [0, 0.1) is 13.8 Å². The van der Waals surface area contributed by atoms with Crippen molar-refractivity contribution in [2.45, 2.75) is 59.5 Å². The molecule has 106 valence electrons. The molecule has 0 aliphatic heterocycles. The molecule has 0 saturated carbocycles. The third-order valence-electron chi connectivity index (χ3n) is 3.72. The highest BCUT2D eigenvalue weighted by molar-refractivity contribution is 5.85. The first-order valence-electron chi connectivity index (χ1n) is 6.91. The average molecular weight is 262 g/mol. The van der Waals surface area contributed by atoms with Crippen molar-refractivity contribution in [3.63, 3.8) is 0 Å². The van der Waals surface area contributed by atoms with Crippen LogP contribution in [0.2, 0.25) is 0 Å². The van der Waals surface area contributed by atoms with Crippen LogP contribution in [0.15, 0.2) is 18.2 Å². The Kier molecular flexibility index (Phi) is 4.98. The second kappa shape index (κ2) is 6.09. The van der Waals surface area contributed by atoms with E-state index in [-0.39, 0.29) is 17.5 Å². The summed E-state index contributed by atoms with van der Waals surface area (Å²) in [6.07, 6.45) is 0.912. The van der Waals surface area contributed by atoms with E-state index < -0.39 is 0 Å². The van der Waals surface area contributed by atoms with Gasteiger partial charge in [-0.05, 0) is 58.2 Å². The molecule has 2 N–H and O–H groups in total. The predicted molar refractivity (Wildman–Crippen MR) is 81.5 cm³/mol. The highest BCUT2D eigenvalue weighted by atomic mass is 16.2. The van der Waals surface area contributed by atoms with Gasteiger partial charge in [0.25, 0.3) is 0 Å².